The van der Waals surface area contributed by atoms with Gasteiger partial charge in [0.2, 0.25) is 0 Å². The first kappa shape index (κ1) is 18.0. The molecule has 3 nitrogen and oxygen atoms in total. The number of hydrogen-bond donors (Lipinski definition) is 1. The van der Waals surface area contributed by atoms with Crippen LogP contribution in [0.3, 0.4) is 0 Å². The van der Waals surface area contributed by atoms with Crippen LogP contribution in [0.25, 0.3) is 0 Å². The highest BCUT2D eigenvalue weighted by molar-refractivity contribution is 5.36. The molecule has 0 heterocycles. The Kier molecular flexibility index (Phi) is 9.11. The Morgan fingerprint density at radius 1 is 1.05 bits per heavy atom. The van der Waals surface area contributed by atoms with E-state index in [9.17, 15) is 0 Å². The fraction of sp³-hybridized carbons (Fsp3) is 0.667. The van der Waals surface area contributed by atoms with E-state index in [1.807, 2.05) is 6.07 Å². The molecule has 1 aromatic carbocycles. The van der Waals surface area contributed by atoms with Gasteiger partial charge >= 0.3 is 0 Å². The van der Waals surface area contributed by atoms with Crippen LogP contribution in [0.2, 0.25) is 0 Å². The lowest BCUT2D eigenvalue weighted by molar-refractivity contribution is 0.124. The van der Waals surface area contributed by atoms with Gasteiger partial charge in [0.05, 0.1) is 6.10 Å². The van der Waals surface area contributed by atoms with E-state index in [0.29, 0.717) is 0 Å². The van der Waals surface area contributed by atoms with Crippen molar-refractivity contribution >= 4 is 0 Å². The van der Waals surface area contributed by atoms with Gasteiger partial charge in [0, 0.05) is 24.8 Å². The predicted molar refractivity (Wildman–Crippen MR) is 89.0 cm³/mol. The summed E-state index contributed by atoms with van der Waals surface area (Å²) in [6.07, 6.45) is 3.35. The molecule has 0 aliphatic heterocycles. The third kappa shape index (κ3) is 6.96. The Labute approximate surface area is 130 Å². The zero-order chi connectivity index (χ0) is 15.5. The van der Waals surface area contributed by atoms with Crippen LogP contribution in [0.4, 0.5) is 0 Å². The van der Waals surface area contributed by atoms with Crippen LogP contribution in [-0.2, 0) is 4.74 Å². The van der Waals surface area contributed by atoms with Crippen LogP contribution < -0.4 is 10.1 Å². The van der Waals surface area contributed by atoms with Gasteiger partial charge in [-0.25, -0.2) is 0 Å². The first-order valence-electron chi connectivity index (χ1n) is 8.25. The molecule has 21 heavy (non-hydrogen) atoms. The Morgan fingerprint density at radius 2 is 1.81 bits per heavy atom. The van der Waals surface area contributed by atoms with Gasteiger partial charge in [-0.15, -0.1) is 0 Å². The maximum Gasteiger partial charge on any atom is 0.124 e. The number of ether oxygens (including phenoxy) is 2. The molecule has 0 saturated carbocycles. The molecule has 0 aliphatic rings. The fourth-order valence-electron chi connectivity index (χ4n) is 2.26. The van der Waals surface area contributed by atoms with E-state index >= 15 is 0 Å². The molecule has 1 N–H and O–H groups in total. The average molecular weight is 293 g/mol. The molecule has 0 aliphatic carbocycles. The molecule has 0 radical (unpaired) electrons. The molecule has 0 saturated heterocycles. The summed E-state index contributed by atoms with van der Waals surface area (Å²) in [4.78, 5) is 0. The molecule has 0 amide bonds. The van der Waals surface area contributed by atoms with Crippen LogP contribution in [0, 0.1) is 0 Å². The second kappa shape index (κ2) is 10.6. The van der Waals surface area contributed by atoms with Gasteiger partial charge in [0.25, 0.3) is 0 Å². The second-order valence-corrected chi connectivity index (χ2v) is 5.61. The second-order valence-electron chi connectivity index (χ2n) is 5.61. The molecule has 3 heteroatoms. The molecular formula is C18H31NO2. The maximum absolute atomic E-state index is 5.95. The highest BCUT2D eigenvalue weighted by atomic mass is 16.5. The molecule has 1 atom stereocenters. The molecule has 0 spiro atoms. The van der Waals surface area contributed by atoms with Crippen molar-refractivity contribution in [2.24, 2.45) is 0 Å². The van der Waals surface area contributed by atoms with E-state index in [1.54, 1.807) is 0 Å². The number of nitrogens with one attached hydrogen (secondary N) is 1. The van der Waals surface area contributed by atoms with Crippen LogP contribution in [0.15, 0.2) is 24.3 Å². The van der Waals surface area contributed by atoms with E-state index in [2.05, 4.69) is 51.2 Å². The lowest BCUT2D eigenvalue weighted by Crippen LogP contribution is -2.24. The lowest BCUT2D eigenvalue weighted by Gasteiger charge is -2.23. The van der Waals surface area contributed by atoms with Gasteiger partial charge in [-0.05, 0) is 45.7 Å². The average Bonchev–Trinajstić information content (AvgIpc) is 2.47. The van der Waals surface area contributed by atoms with E-state index < -0.39 is 0 Å². The summed E-state index contributed by atoms with van der Waals surface area (Å²) >= 11 is 0. The maximum atomic E-state index is 5.95. The molecule has 0 fully saturated rings. The lowest BCUT2D eigenvalue weighted by atomic mass is 10.0. The quantitative estimate of drug-likeness (QED) is 0.616. The molecule has 1 unspecified atom stereocenters. The van der Waals surface area contributed by atoms with Gasteiger partial charge in [0.15, 0.2) is 0 Å². The number of benzene rings is 1. The number of hydrogen-bond acceptors (Lipinski definition) is 3. The van der Waals surface area contributed by atoms with Crippen molar-refractivity contribution in [3.63, 3.8) is 0 Å². The number of para-hydroxylation sites is 1. The Balaban J connectivity index is 2.75. The molecule has 120 valence electrons. The zero-order valence-electron chi connectivity index (χ0n) is 14.0. The first-order chi connectivity index (χ1) is 10.2. The monoisotopic (exact) mass is 293 g/mol. The van der Waals surface area contributed by atoms with Gasteiger partial charge in [-0.1, -0.05) is 32.0 Å². The summed E-state index contributed by atoms with van der Waals surface area (Å²) in [5, 5.41) is 3.62. The minimum atomic E-state index is 0.189. The summed E-state index contributed by atoms with van der Waals surface area (Å²) in [6.45, 7) is 11.1. The topological polar surface area (TPSA) is 30.5 Å². The van der Waals surface area contributed by atoms with E-state index in [0.717, 1.165) is 44.8 Å². The van der Waals surface area contributed by atoms with Gasteiger partial charge in [-0.2, -0.15) is 0 Å². The Bertz CT molecular complexity index is 379. The number of rotatable bonds is 11. The summed E-state index contributed by atoms with van der Waals surface area (Å²) in [5.41, 5.74) is 1.24. The van der Waals surface area contributed by atoms with Crippen LogP contribution in [-0.4, -0.2) is 25.9 Å². The van der Waals surface area contributed by atoms with E-state index in [4.69, 9.17) is 9.47 Å². The molecular weight excluding hydrogens is 262 g/mol. The van der Waals surface area contributed by atoms with Crippen LogP contribution >= 0.6 is 0 Å². The van der Waals surface area contributed by atoms with Crippen LogP contribution in [0.5, 0.6) is 5.75 Å². The largest absolute Gasteiger partial charge is 0.491 e. The standard InChI is InChI=1S/C18H31NO2/c1-5-12-19-17(11-14-20-13-6-2)16-9-7-8-10-18(16)21-15(3)4/h7-10,15,17,19H,5-6,11-14H2,1-4H3. The smallest absolute Gasteiger partial charge is 0.124 e. The summed E-state index contributed by atoms with van der Waals surface area (Å²) in [5.74, 6) is 0.983. The van der Waals surface area contributed by atoms with Crippen molar-refractivity contribution in [1.82, 2.24) is 5.32 Å². The zero-order valence-corrected chi connectivity index (χ0v) is 14.0. The highest BCUT2D eigenvalue weighted by Crippen LogP contribution is 2.28. The first-order valence-corrected chi connectivity index (χ1v) is 8.25. The molecule has 1 rings (SSSR count). The minimum Gasteiger partial charge on any atom is -0.491 e. The van der Waals surface area contributed by atoms with Crippen molar-refractivity contribution < 1.29 is 9.47 Å². The summed E-state index contributed by atoms with van der Waals surface area (Å²) in [7, 11) is 0. The van der Waals surface area contributed by atoms with Crippen molar-refractivity contribution in [2.45, 2.75) is 59.1 Å². The van der Waals surface area contributed by atoms with Crippen LogP contribution in [0.1, 0.15) is 58.6 Å². The van der Waals surface area contributed by atoms with Gasteiger partial charge in [0.1, 0.15) is 5.75 Å². The van der Waals surface area contributed by atoms with Gasteiger partial charge < -0.3 is 14.8 Å². The van der Waals surface area contributed by atoms with Crippen molar-refractivity contribution in [1.29, 1.82) is 0 Å². The van der Waals surface area contributed by atoms with E-state index in [-0.39, 0.29) is 12.1 Å². The molecule has 0 bridgehead atoms. The van der Waals surface area contributed by atoms with Crippen molar-refractivity contribution in [3.8, 4) is 5.75 Å². The SMILES string of the molecule is CCCNC(CCOCCC)c1ccccc1OC(C)C. The fourth-order valence-corrected chi connectivity index (χ4v) is 2.26. The third-order valence-corrected chi connectivity index (χ3v) is 3.20. The van der Waals surface area contributed by atoms with Gasteiger partial charge in [-0.3, -0.25) is 0 Å². The normalized spacial score (nSPS) is 12.6. The van der Waals surface area contributed by atoms with Crippen molar-refractivity contribution in [3.05, 3.63) is 29.8 Å². The predicted octanol–water partition coefficient (Wildman–Crippen LogP) is 4.33. The summed E-state index contributed by atoms with van der Waals surface area (Å²) < 4.78 is 11.6. The van der Waals surface area contributed by atoms with E-state index in [1.165, 1.54) is 5.56 Å². The van der Waals surface area contributed by atoms with Crippen molar-refractivity contribution in [2.75, 3.05) is 19.8 Å². The summed E-state index contributed by atoms with van der Waals surface area (Å²) in [6, 6.07) is 8.62. The molecule has 1 aromatic rings. The molecule has 0 aromatic heterocycles. The Morgan fingerprint density at radius 3 is 2.48 bits per heavy atom. The highest BCUT2D eigenvalue weighted by Gasteiger charge is 2.16. The minimum absolute atomic E-state index is 0.189. The Hall–Kier alpha value is -1.06. The third-order valence-electron chi connectivity index (χ3n) is 3.20.